The quantitative estimate of drug-likeness (QED) is 0.455. The summed E-state index contributed by atoms with van der Waals surface area (Å²) in [6, 6.07) is 21.1. The predicted octanol–water partition coefficient (Wildman–Crippen LogP) is 5.89. The Bertz CT molecular complexity index is 1270. The van der Waals surface area contributed by atoms with Gasteiger partial charge in [0.25, 0.3) is 0 Å². The molecule has 0 saturated carbocycles. The van der Waals surface area contributed by atoms with E-state index in [4.69, 9.17) is 17.0 Å². The standard InChI is InChI=1S/C29H32N4OS/c1-19-17-29(2,3)32(4)25-14-11-21(16-23(19)25)27-26(24-8-6-7-15-30-24)31-28(35)33(27)18-20-9-12-22(34-5)13-10-20/h6-17,26-27H,18H2,1-5H3,(H,31,35). The first-order valence-electron chi connectivity index (χ1n) is 12.0. The number of nitrogens with one attached hydrogen (secondary N) is 1. The number of anilines is 1. The fourth-order valence-corrected chi connectivity index (χ4v) is 5.53. The highest BCUT2D eigenvalue weighted by molar-refractivity contribution is 7.80. The van der Waals surface area contributed by atoms with Gasteiger partial charge in [0.05, 0.1) is 30.4 Å². The Morgan fingerprint density at radius 2 is 1.86 bits per heavy atom. The lowest BCUT2D eigenvalue weighted by atomic mass is 9.86. The molecule has 180 valence electrons. The molecule has 0 aliphatic carbocycles. The number of thiocarbonyl (C=S) groups is 1. The Kier molecular flexibility index (Phi) is 6.01. The first-order chi connectivity index (χ1) is 16.8. The molecule has 1 aromatic heterocycles. The van der Waals surface area contributed by atoms with Crippen molar-refractivity contribution in [3.63, 3.8) is 0 Å². The van der Waals surface area contributed by atoms with Crippen LogP contribution in [0.25, 0.3) is 5.57 Å². The predicted molar refractivity (Wildman–Crippen MR) is 147 cm³/mol. The smallest absolute Gasteiger partial charge is 0.170 e. The SMILES string of the molecule is COc1ccc(CN2C(=S)NC(c3ccccn3)C2c2ccc3c(c2)C(C)=CC(C)(C)N3C)cc1. The Morgan fingerprint density at radius 3 is 2.54 bits per heavy atom. The van der Waals surface area contributed by atoms with Crippen molar-refractivity contribution in [2.24, 2.45) is 0 Å². The molecule has 3 aromatic rings. The Hall–Kier alpha value is -3.38. The molecule has 2 aromatic carbocycles. The molecular formula is C29H32N4OS. The van der Waals surface area contributed by atoms with Crippen LogP contribution in [0.1, 0.15) is 55.2 Å². The molecule has 35 heavy (non-hydrogen) atoms. The number of rotatable bonds is 5. The lowest BCUT2D eigenvalue weighted by Crippen LogP contribution is -2.42. The summed E-state index contributed by atoms with van der Waals surface area (Å²) >= 11 is 5.88. The molecule has 0 bridgehead atoms. The zero-order valence-electron chi connectivity index (χ0n) is 20.9. The van der Waals surface area contributed by atoms with Crippen LogP contribution in [0.4, 0.5) is 5.69 Å². The van der Waals surface area contributed by atoms with Gasteiger partial charge in [-0.2, -0.15) is 0 Å². The largest absolute Gasteiger partial charge is 0.497 e. The van der Waals surface area contributed by atoms with E-state index in [9.17, 15) is 0 Å². The van der Waals surface area contributed by atoms with Gasteiger partial charge in [-0.25, -0.2) is 0 Å². The third-order valence-corrected chi connectivity index (χ3v) is 7.64. The van der Waals surface area contributed by atoms with Gasteiger partial charge in [-0.05, 0) is 86.1 Å². The number of aromatic nitrogens is 1. The first-order valence-corrected chi connectivity index (χ1v) is 12.4. The number of methoxy groups -OCH3 is 1. The number of allylic oxidation sites excluding steroid dienone is 1. The lowest BCUT2D eigenvalue weighted by molar-refractivity contribution is 0.311. The molecule has 1 N–H and O–H groups in total. The van der Waals surface area contributed by atoms with Crippen molar-refractivity contribution < 1.29 is 4.74 Å². The minimum absolute atomic E-state index is 0.0119. The second kappa shape index (κ2) is 9.00. The number of benzene rings is 2. The maximum Gasteiger partial charge on any atom is 0.170 e. The van der Waals surface area contributed by atoms with Crippen LogP contribution in [0, 0.1) is 0 Å². The molecule has 5 nitrogen and oxygen atoms in total. The van der Waals surface area contributed by atoms with Crippen LogP contribution in [0.15, 0.2) is 72.9 Å². The van der Waals surface area contributed by atoms with Crippen molar-refractivity contribution in [1.29, 1.82) is 0 Å². The van der Waals surface area contributed by atoms with Crippen LogP contribution in [-0.2, 0) is 6.54 Å². The van der Waals surface area contributed by atoms with Crippen LogP contribution >= 0.6 is 12.2 Å². The fraction of sp³-hybridized carbons (Fsp3) is 0.310. The van der Waals surface area contributed by atoms with Gasteiger partial charge in [0.15, 0.2) is 5.11 Å². The summed E-state index contributed by atoms with van der Waals surface area (Å²) in [5.74, 6) is 0.850. The molecule has 5 rings (SSSR count). The van der Waals surface area contributed by atoms with Crippen LogP contribution < -0.4 is 15.0 Å². The van der Waals surface area contributed by atoms with Crippen molar-refractivity contribution in [2.45, 2.75) is 44.9 Å². The van der Waals surface area contributed by atoms with E-state index in [1.807, 2.05) is 30.5 Å². The zero-order valence-corrected chi connectivity index (χ0v) is 21.8. The number of likely N-dealkylation sites (N-methyl/N-ethyl adjacent to an activating group) is 1. The molecule has 0 radical (unpaired) electrons. The molecule has 3 heterocycles. The summed E-state index contributed by atoms with van der Waals surface area (Å²) in [5, 5.41) is 4.31. The molecule has 1 saturated heterocycles. The summed E-state index contributed by atoms with van der Waals surface area (Å²) in [4.78, 5) is 9.32. The number of pyridine rings is 1. The van der Waals surface area contributed by atoms with Crippen molar-refractivity contribution in [1.82, 2.24) is 15.2 Å². The second-order valence-corrected chi connectivity index (χ2v) is 10.3. The number of hydrogen-bond donors (Lipinski definition) is 1. The normalized spacial score (nSPS) is 20.8. The van der Waals surface area contributed by atoms with Gasteiger partial charge in [0.2, 0.25) is 0 Å². The van der Waals surface area contributed by atoms with Gasteiger partial charge in [0.1, 0.15) is 5.75 Å². The monoisotopic (exact) mass is 484 g/mol. The van der Waals surface area contributed by atoms with E-state index < -0.39 is 0 Å². The highest BCUT2D eigenvalue weighted by atomic mass is 32.1. The van der Waals surface area contributed by atoms with Crippen LogP contribution in [0.5, 0.6) is 5.75 Å². The van der Waals surface area contributed by atoms with Gasteiger partial charge in [-0.3, -0.25) is 4.98 Å². The molecule has 2 atom stereocenters. The number of fused-ring (bicyclic) bond motifs is 1. The maximum atomic E-state index is 5.88. The van der Waals surface area contributed by atoms with Crippen LogP contribution in [-0.4, -0.2) is 34.7 Å². The van der Waals surface area contributed by atoms with Crippen molar-refractivity contribution in [2.75, 3.05) is 19.1 Å². The molecule has 0 spiro atoms. The van der Waals surface area contributed by atoms with E-state index in [2.05, 4.69) is 90.4 Å². The zero-order chi connectivity index (χ0) is 24.7. The molecule has 2 aliphatic heterocycles. The summed E-state index contributed by atoms with van der Waals surface area (Å²) in [5.41, 5.74) is 7.19. The highest BCUT2D eigenvalue weighted by Crippen LogP contribution is 2.44. The van der Waals surface area contributed by atoms with Crippen molar-refractivity contribution in [3.8, 4) is 5.75 Å². The number of ether oxygens (including phenoxy) is 1. The summed E-state index contributed by atoms with van der Waals surface area (Å²) < 4.78 is 5.34. The molecule has 1 fully saturated rings. The van der Waals surface area contributed by atoms with Crippen molar-refractivity contribution >= 4 is 28.6 Å². The number of hydrogen-bond acceptors (Lipinski definition) is 4. The second-order valence-electron chi connectivity index (χ2n) is 9.92. The minimum atomic E-state index is -0.0398. The third-order valence-electron chi connectivity index (χ3n) is 7.29. The Labute approximate surface area is 213 Å². The summed E-state index contributed by atoms with van der Waals surface area (Å²) in [6.07, 6.45) is 4.20. The van der Waals surface area contributed by atoms with E-state index in [0.29, 0.717) is 6.54 Å². The van der Waals surface area contributed by atoms with Gasteiger partial charge in [0, 0.05) is 31.0 Å². The van der Waals surface area contributed by atoms with Crippen molar-refractivity contribution in [3.05, 3.63) is 95.3 Å². The van der Waals surface area contributed by atoms with Gasteiger partial charge < -0.3 is 19.9 Å². The number of nitrogens with zero attached hydrogens (tertiary/aromatic N) is 3. The fourth-order valence-electron chi connectivity index (χ4n) is 5.23. The molecular weight excluding hydrogens is 452 g/mol. The first kappa shape index (κ1) is 23.4. The summed E-state index contributed by atoms with van der Waals surface area (Å²) in [6.45, 7) is 7.41. The lowest BCUT2D eigenvalue weighted by Gasteiger charge is -2.41. The Balaban J connectivity index is 1.57. The maximum absolute atomic E-state index is 5.88. The minimum Gasteiger partial charge on any atom is -0.497 e. The average molecular weight is 485 g/mol. The van der Waals surface area contributed by atoms with Gasteiger partial charge in [-0.15, -0.1) is 0 Å². The molecule has 2 unspecified atom stereocenters. The van der Waals surface area contributed by atoms with Gasteiger partial charge in [-0.1, -0.05) is 30.3 Å². The van der Waals surface area contributed by atoms with E-state index in [1.165, 1.54) is 28.0 Å². The van der Waals surface area contributed by atoms with E-state index >= 15 is 0 Å². The Morgan fingerprint density at radius 1 is 1.09 bits per heavy atom. The molecule has 2 aliphatic rings. The summed E-state index contributed by atoms with van der Waals surface area (Å²) in [7, 11) is 3.85. The van der Waals surface area contributed by atoms with E-state index in [1.54, 1.807) is 7.11 Å². The highest BCUT2D eigenvalue weighted by Gasteiger charge is 2.40. The molecule has 0 amide bonds. The van der Waals surface area contributed by atoms with Crippen LogP contribution in [0.3, 0.4) is 0 Å². The third kappa shape index (κ3) is 4.27. The van der Waals surface area contributed by atoms with E-state index in [0.717, 1.165) is 16.6 Å². The van der Waals surface area contributed by atoms with Crippen LogP contribution in [0.2, 0.25) is 0 Å². The molecule has 6 heteroatoms. The topological polar surface area (TPSA) is 40.6 Å². The van der Waals surface area contributed by atoms with E-state index in [-0.39, 0.29) is 17.6 Å². The van der Waals surface area contributed by atoms with Gasteiger partial charge >= 0.3 is 0 Å². The average Bonchev–Trinajstić information content (AvgIpc) is 3.19.